The number of aromatic nitrogens is 3. The minimum absolute atomic E-state index is 0.101. The highest BCUT2D eigenvalue weighted by Gasteiger charge is 2.31. The van der Waals surface area contributed by atoms with Crippen LogP contribution in [-0.4, -0.2) is 15.0 Å². The fraction of sp³-hybridized carbons (Fsp3) is 0.450. The molecule has 1 atom stereocenters. The first kappa shape index (κ1) is 17.3. The number of halogens is 1. The van der Waals surface area contributed by atoms with Crippen LogP contribution in [-0.2, 0) is 19.4 Å². The summed E-state index contributed by atoms with van der Waals surface area (Å²) in [7, 11) is 0. The van der Waals surface area contributed by atoms with Crippen molar-refractivity contribution < 1.29 is 4.39 Å². The van der Waals surface area contributed by atoms with E-state index >= 15 is 0 Å². The lowest BCUT2D eigenvalue weighted by Gasteiger charge is -2.33. The number of fused-ring (bicyclic) bond motifs is 3. The van der Waals surface area contributed by atoms with E-state index in [0.29, 0.717) is 21.7 Å². The van der Waals surface area contributed by atoms with Gasteiger partial charge in [-0.1, -0.05) is 44.2 Å². The van der Waals surface area contributed by atoms with Gasteiger partial charge in [-0.3, -0.25) is 4.79 Å². The summed E-state index contributed by atoms with van der Waals surface area (Å²) in [6, 6.07) is 6.46. The Morgan fingerprint density at radius 2 is 2.08 bits per heavy atom. The first-order valence-corrected chi connectivity index (χ1v) is 9.77. The van der Waals surface area contributed by atoms with Crippen molar-refractivity contribution in [3.05, 3.63) is 56.4 Å². The molecular weight excluding hydrogens is 349 g/mol. The summed E-state index contributed by atoms with van der Waals surface area (Å²) in [5.41, 5.74) is 1.67. The van der Waals surface area contributed by atoms with Crippen LogP contribution in [0.25, 0.3) is 10.2 Å². The van der Waals surface area contributed by atoms with Gasteiger partial charge in [-0.2, -0.15) is 0 Å². The van der Waals surface area contributed by atoms with Crippen molar-refractivity contribution in [1.82, 2.24) is 15.0 Å². The number of benzene rings is 1. The van der Waals surface area contributed by atoms with Gasteiger partial charge in [0.25, 0.3) is 5.56 Å². The number of rotatable bonds is 2. The van der Waals surface area contributed by atoms with Gasteiger partial charge in [-0.15, -0.1) is 16.4 Å². The molecule has 0 aliphatic heterocycles. The monoisotopic (exact) mass is 371 g/mol. The van der Waals surface area contributed by atoms with E-state index in [4.69, 9.17) is 0 Å². The predicted molar refractivity (Wildman–Crippen MR) is 102 cm³/mol. The van der Waals surface area contributed by atoms with Crippen LogP contribution < -0.4 is 5.56 Å². The highest BCUT2D eigenvalue weighted by Crippen LogP contribution is 2.41. The molecule has 0 spiro atoms. The third-order valence-electron chi connectivity index (χ3n) is 5.44. The lowest BCUT2D eigenvalue weighted by Crippen LogP contribution is -2.28. The van der Waals surface area contributed by atoms with E-state index in [9.17, 15) is 9.18 Å². The van der Waals surface area contributed by atoms with Gasteiger partial charge < -0.3 is 0 Å². The van der Waals surface area contributed by atoms with Crippen molar-refractivity contribution in [1.29, 1.82) is 0 Å². The van der Waals surface area contributed by atoms with E-state index in [-0.39, 0.29) is 23.3 Å². The standard InChI is InChI=1S/C20H22FN3OS/c1-20(2,3)13-8-9-14-16(10-13)26-18-17(14)19(25)24(23-22-18)11-12-6-4-5-7-15(12)21/h4-7,13H,8-11H2,1-3H3/t13-/m0/s1. The van der Waals surface area contributed by atoms with Gasteiger partial charge in [0.05, 0.1) is 11.9 Å². The second-order valence-corrected chi connectivity index (χ2v) is 9.22. The van der Waals surface area contributed by atoms with Crippen LogP contribution in [0.5, 0.6) is 0 Å². The summed E-state index contributed by atoms with van der Waals surface area (Å²) in [6.07, 6.45) is 2.97. The average Bonchev–Trinajstić information content (AvgIpc) is 2.97. The number of aryl methyl sites for hydroxylation is 1. The molecule has 1 aromatic carbocycles. The van der Waals surface area contributed by atoms with Crippen LogP contribution in [0, 0.1) is 17.2 Å². The predicted octanol–water partition coefficient (Wildman–Crippen LogP) is 4.19. The molecular formula is C20H22FN3OS. The fourth-order valence-corrected chi connectivity index (χ4v) is 4.99. The summed E-state index contributed by atoms with van der Waals surface area (Å²) >= 11 is 1.59. The topological polar surface area (TPSA) is 47.8 Å². The first-order valence-electron chi connectivity index (χ1n) is 8.96. The highest BCUT2D eigenvalue weighted by molar-refractivity contribution is 7.18. The molecule has 4 nitrogen and oxygen atoms in total. The zero-order valence-electron chi connectivity index (χ0n) is 15.3. The summed E-state index contributed by atoms with van der Waals surface area (Å²) in [6.45, 7) is 6.93. The summed E-state index contributed by atoms with van der Waals surface area (Å²) < 4.78 is 15.2. The highest BCUT2D eigenvalue weighted by atomic mass is 32.1. The first-order chi connectivity index (χ1) is 12.3. The van der Waals surface area contributed by atoms with E-state index in [0.717, 1.165) is 24.8 Å². The molecule has 6 heteroatoms. The molecule has 0 radical (unpaired) electrons. The Labute approximate surface area is 155 Å². The molecule has 2 heterocycles. The van der Waals surface area contributed by atoms with Crippen molar-refractivity contribution in [2.24, 2.45) is 11.3 Å². The van der Waals surface area contributed by atoms with Crippen molar-refractivity contribution in [3.8, 4) is 0 Å². The lowest BCUT2D eigenvalue weighted by molar-refractivity contribution is 0.218. The van der Waals surface area contributed by atoms with Gasteiger partial charge in [-0.05, 0) is 42.2 Å². The van der Waals surface area contributed by atoms with E-state index in [2.05, 4.69) is 31.1 Å². The summed E-state index contributed by atoms with van der Waals surface area (Å²) in [4.78, 5) is 15.0. The van der Waals surface area contributed by atoms with Gasteiger partial charge in [0.1, 0.15) is 5.82 Å². The molecule has 0 saturated heterocycles. The maximum atomic E-state index is 13.9. The molecule has 1 aliphatic carbocycles. The molecule has 0 bridgehead atoms. The van der Waals surface area contributed by atoms with Crippen LogP contribution >= 0.6 is 11.3 Å². The van der Waals surface area contributed by atoms with E-state index in [1.54, 1.807) is 29.5 Å². The maximum Gasteiger partial charge on any atom is 0.279 e. The number of hydrogen-bond donors (Lipinski definition) is 0. The maximum absolute atomic E-state index is 13.9. The molecule has 0 fully saturated rings. The molecule has 3 aromatic rings. The van der Waals surface area contributed by atoms with Crippen LogP contribution in [0.3, 0.4) is 0 Å². The minimum Gasteiger partial charge on any atom is -0.267 e. The van der Waals surface area contributed by atoms with Gasteiger partial charge >= 0.3 is 0 Å². The normalized spacial score (nSPS) is 17.5. The average molecular weight is 371 g/mol. The zero-order chi connectivity index (χ0) is 18.5. The fourth-order valence-electron chi connectivity index (χ4n) is 3.76. The third-order valence-corrected chi connectivity index (χ3v) is 6.58. The van der Waals surface area contributed by atoms with E-state index < -0.39 is 0 Å². The molecule has 2 aromatic heterocycles. The lowest BCUT2D eigenvalue weighted by atomic mass is 9.72. The van der Waals surface area contributed by atoms with Crippen molar-refractivity contribution >= 4 is 21.6 Å². The van der Waals surface area contributed by atoms with Crippen molar-refractivity contribution in [3.63, 3.8) is 0 Å². The Bertz CT molecular complexity index is 1030. The Balaban J connectivity index is 1.75. The van der Waals surface area contributed by atoms with Crippen LogP contribution in [0.15, 0.2) is 29.1 Å². The van der Waals surface area contributed by atoms with E-state index in [1.165, 1.54) is 15.6 Å². The molecule has 4 rings (SSSR count). The second kappa shape index (κ2) is 6.27. The second-order valence-electron chi connectivity index (χ2n) is 8.13. The minimum atomic E-state index is -0.332. The Kier molecular flexibility index (Phi) is 4.18. The smallest absolute Gasteiger partial charge is 0.267 e. The molecule has 26 heavy (non-hydrogen) atoms. The molecule has 136 valence electrons. The Morgan fingerprint density at radius 3 is 2.81 bits per heavy atom. The van der Waals surface area contributed by atoms with Crippen LogP contribution in [0.1, 0.15) is 43.2 Å². The van der Waals surface area contributed by atoms with Gasteiger partial charge in [0, 0.05) is 10.4 Å². The quantitative estimate of drug-likeness (QED) is 0.679. The van der Waals surface area contributed by atoms with Crippen molar-refractivity contribution in [2.75, 3.05) is 0 Å². The number of hydrogen-bond acceptors (Lipinski definition) is 4. The van der Waals surface area contributed by atoms with Crippen LogP contribution in [0.2, 0.25) is 0 Å². The molecule has 0 amide bonds. The SMILES string of the molecule is CC(C)(C)[C@H]1CCc2c(sc3nnn(Cc4ccccc4F)c(=O)c23)C1. The summed E-state index contributed by atoms with van der Waals surface area (Å²) in [5, 5.41) is 9.01. The van der Waals surface area contributed by atoms with Crippen molar-refractivity contribution in [2.45, 2.75) is 46.6 Å². The molecule has 0 saturated carbocycles. The third kappa shape index (κ3) is 2.96. The Morgan fingerprint density at radius 1 is 1.31 bits per heavy atom. The van der Waals surface area contributed by atoms with E-state index in [1.807, 2.05) is 0 Å². The number of nitrogens with zero attached hydrogens (tertiary/aromatic N) is 3. The zero-order valence-corrected chi connectivity index (χ0v) is 16.1. The summed E-state index contributed by atoms with van der Waals surface area (Å²) in [5.74, 6) is 0.276. The largest absolute Gasteiger partial charge is 0.279 e. The molecule has 1 aliphatic rings. The van der Waals surface area contributed by atoms with Gasteiger partial charge in [0.15, 0.2) is 4.83 Å². The van der Waals surface area contributed by atoms with Crippen LogP contribution in [0.4, 0.5) is 4.39 Å². The molecule has 0 unspecified atom stereocenters. The van der Waals surface area contributed by atoms with Gasteiger partial charge in [0.2, 0.25) is 0 Å². The van der Waals surface area contributed by atoms with Gasteiger partial charge in [-0.25, -0.2) is 9.07 Å². The Hall–Kier alpha value is -2.08. The molecule has 0 N–H and O–H groups in total. The number of thiophene rings is 1.